The van der Waals surface area contributed by atoms with Gasteiger partial charge in [0, 0.05) is 17.8 Å². The number of carbonyl (C=O) groups is 4. The number of anilines is 1. The van der Waals surface area contributed by atoms with E-state index < -0.39 is 59.5 Å². The minimum atomic E-state index is -1.36. The number of allylic oxidation sites excluding steroid dienone is 1. The van der Waals surface area contributed by atoms with E-state index in [4.69, 9.17) is 21.1 Å². The third-order valence-corrected chi connectivity index (χ3v) is 10.4. The molecule has 2 bridgehead atoms. The number of carbonyl (C=O) groups excluding carboxylic acids is 4. The SMILES string of the molecule is C=CCCC(=O)NC[C@@H](C)OC(=O)[C@@H]1[C@H]2O[C@@]3(CC2Br)[C@H](C(=O)N(CC=C)c2ccccc2Cl)N([C@@H](CO)[C@@H](C)CC)C(=O)[C@@H]13. The molecule has 0 aromatic heterocycles. The minimum Gasteiger partial charge on any atom is -0.460 e. The predicted molar refractivity (Wildman–Crippen MR) is 175 cm³/mol. The number of amides is 3. The zero-order valence-electron chi connectivity index (χ0n) is 26.0. The molecule has 1 aromatic rings. The van der Waals surface area contributed by atoms with E-state index in [-0.39, 0.29) is 42.8 Å². The average Bonchev–Trinajstić information content (AvgIpc) is 3.61. The number of rotatable bonds is 15. The van der Waals surface area contributed by atoms with E-state index in [1.165, 1.54) is 9.80 Å². The van der Waals surface area contributed by atoms with E-state index in [2.05, 4.69) is 34.4 Å². The summed E-state index contributed by atoms with van der Waals surface area (Å²) in [5.74, 6) is -3.87. The molecular formula is C33H43BrClN3O7. The molecule has 12 heteroatoms. The Labute approximate surface area is 278 Å². The Bertz CT molecular complexity index is 1310. The number of esters is 1. The van der Waals surface area contributed by atoms with Crippen LogP contribution in [0.1, 0.15) is 46.5 Å². The van der Waals surface area contributed by atoms with Crippen LogP contribution in [0.2, 0.25) is 5.02 Å². The number of aliphatic hydroxyl groups excluding tert-OH is 1. The topological polar surface area (TPSA) is 125 Å². The van der Waals surface area contributed by atoms with Crippen LogP contribution in [0.5, 0.6) is 0 Å². The number of nitrogens with zero attached hydrogens (tertiary/aromatic N) is 2. The third-order valence-electron chi connectivity index (χ3n) is 9.28. The lowest BCUT2D eigenvalue weighted by atomic mass is 9.70. The van der Waals surface area contributed by atoms with Gasteiger partial charge in [0.1, 0.15) is 17.7 Å². The second kappa shape index (κ2) is 14.8. The number of fused-ring (bicyclic) bond motifs is 1. The molecule has 10 nitrogen and oxygen atoms in total. The van der Waals surface area contributed by atoms with E-state index in [1.807, 2.05) is 13.8 Å². The summed E-state index contributed by atoms with van der Waals surface area (Å²) >= 11 is 10.2. The van der Waals surface area contributed by atoms with Gasteiger partial charge >= 0.3 is 5.97 Å². The standard InChI is InChI=1S/C33H43BrClN3O7/c1-6-9-14-25(40)36-17-20(5)44-32(43)26-27-30(41)38(24(18-39)19(4)8-3)29(33(27)16-21(34)28(26)45-33)31(42)37(15-7-2)23-13-11-10-12-22(23)35/h6-7,10-13,19-21,24,26-29,39H,1-2,8-9,14-18H2,3-5H3,(H,36,40)/t19-,20+,21?,24-,26-,27+,28-,29-,33+/m0/s1. The highest BCUT2D eigenvalue weighted by Crippen LogP contribution is 2.61. The van der Waals surface area contributed by atoms with Crippen molar-refractivity contribution in [3.8, 4) is 0 Å². The predicted octanol–water partition coefficient (Wildman–Crippen LogP) is 4.03. The van der Waals surface area contributed by atoms with Gasteiger partial charge in [-0.05, 0) is 37.8 Å². The molecule has 1 unspecified atom stereocenters. The molecule has 3 heterocycles. The van der Waals surface area contributed by atoms with Crippen LogP contribution in [-0.2, 0) is 28.7 Å². The lowest BCUT2D eigenvalue weighted by molar-refractivity contribution is -0.160. The smallest absolute Gasteiger partial charge is 0.312 e. The summed E-state index contributed by atoms with van der Waals surface area (Å²) in [6, 6.07) is 5.06. The number of aliphatic hydroxyl groups is 1. The summed E-state index contributed by atoms with van der Waals surface area (Å²) in [5, 5.41) is 13.7. The molecule has 3 aliphatic rings. The summed E-state index contributed by atoms with van der Waals surface area (Å²) in [6.07, 6.45) is 3.57. The fourth-order valence-electron chi connectivity index (χ4n) is 6.94. The van der Waals surface area contributed by atoms with Gasteiger partial charge in [0.25, 0.3) is 5.91 Å². The highest BCUT2D eigenvalue weighted by Gasteiger charge is 2.77. The summed E-state index contributed by atoms with van der Waals surface area (Å²) in [7, 11) is 0. The van der Waals surface area contributed by atoms with Gasteiger partial charge in [0.2, 0.25) is 11.8 Å². The molecule has 0 radical (unpaired) electrons. The maximum atomic E-state index is 14.8. The first kappa shape index (κ1) is 35.1. The lowest BCUT2D eigenvalue weighted by Crippen LogP contribution is -2.60. The quantitative estimate of drug-likeness (QED) is 0.160. The first-order valence-corrected chi connectivity index (χ1v) is 16.8. The molecule has 3 amide bonds. The molecule has 0 saturated carbocycles. The van der Waals surface area contributed by atoms with Gasteiger partial charge in [0.15, 0.2) is 0 Å². The fraction of sp³-hybridized carbons (Fsp3) is 0.576. The van der Waals surface area contributed by atoms with Crippen molar-refractivity contribution in [3.63, 3.8) is 0 Å². The van der Waals surface area contributed by atoms with E-state index in [1.54, 1.807) is 43.3 Å². The Morgan fingerprint density at radius 1 is 1.29 bits per heavy atom. The van der Waals surface area contributed by atoms with Crippen molar-refractivity contribution in [1.29, 1.82) is 0 Å². The van der Waals surface area contributed by atoms with Crippen molar-refractivity contribution in [2.24, 2.45) is 17.8 Å². The zero-order chi connectivity index (χ0) is 33.1. The van der Waals surface area contributed by atoms with Crippen LogP contribution in [0, 0.1) is 17.8 Å². The van der Waals surface area contributed by atoms with Crippen molar-refractivity contribution < 1.29 is 33.8 Å². The van der Waals surface area contributed by atoms with Gasteiger partial charge in [-0.25, -0.2) is 0 Å². The number of halogens is 2. The first-order chi connectivity index (χ1) is 21.5. The van der Waals surface area contributed by atoms with Crippen LogP contribution in [0.15, 0.2) is 49.6 Å². The van der Waals surface area contributed by atoms with Gasteiger partial charge in [-0.3, -0.25) is 19.2 Å². The molecule has 4 rings (SSSR count). The van der Waals surface area contributed by atoms with E-state index in [0.717, 1.165) is 0 Å². The van der Waals surface area contributed by atoms with Crippen LogP contribution in [0.25, 0.3) is 0 Å². The van der Waals surface area contributed by atoms with Crippen LogP contribution in [0.4, 0.5) is 5.69 Å². The van der Waals surface area contributed by atoms with E-state index in [9.17, 15) is 24.3 Å². The molecular weight excluding hydrogens is 666 g/mol. The summed E-state index contributed by atoms with van der Waals surface area (Å²) in [4.78, 5) is 57.8. The second-order valence-corrected chi connectivity index (χ2v) is 13.7. The van der Waals surface area contributed by atoms with Crippen molar-refractivity contribution in [3.05, 3.63) is 54.6 Å². The van der Waals surface area contributed by atoms with Crippen LogP contribution >= 0.6 is 27.5 Å². The summed E-state index contributed by atoms with van der Waals surface area (Å²) < 4.78 is 12.4. The number of ether oxygens (including phenoxy) is 2. The Morgan fingerprint density at radius 2 is 2.00 bits per heavy atom. The minimum absolute atomic E-state index is 0.101. The summed E-state index contributed by atoms with van der Waals surface area (Å²) in [5.41, 5.74) is -0.913. The Morgan fingerprint density at radius 3 is 2.62 bits per heavy atom. The molecule has 45 heavy (non-hydrogen) atoms. The number of hydrogen-bond donors (Lipinski definition) is 2. The highest BCUT2D eigenvalue weighted by molar-refractivity contribution is 9.09. The molecule has 9 atom stereocenters. The Balaban J connectivity index is 1.72. The molecule has 2 N–H and O–H groups in total. The van der Waals surface area contributed by atoms with Crippen LogP contribution in [0.3, 0.4) is 0 Å². The molecule has 3 fully saturated rings. The molecule has 3 saturated heterocycles. The number of hydrogen-bond acceptors (Lipinski definition) is 7. The lowest BCUT2D eigenvalue weighted by Gasteiger charge is -2.41. The van der Waals surface area contributed by atoms with Gasteiger partial charge < -0.3 is 29.7 Å². The third kappa shape index (κ3) is 6.59. The number of likely N-dealkylation sites (tertiary alicyclic amines) is 1. The molecule has 246 valence electrons. The van der Waals surface area contributed by atoms with Crippen molar-refractivity contribution in [2.75, 3.05) is 24.6 Å². The molecule has 1 spiro atoms. The zero-order valence-corrected chi connectivity index (χ0v) is 28.3. The Kier molecular flexibility index (Phi) is 11.5. The summed E-state index contributed by atoms with van der Waals surface area (Å²) in [6.45, 7) is 12.8. The number of alkyl halides is 1. The monoisotopic (exact) mass is 707 g/mol. The number of para-hydroxylation sites is 1. The fourth-order valence-corrected chi connectivity index (χ4v) is 8.12. The second-order valence-electron chi connectivity index (χ2n) is 12.1. The molecule has 1 aromatic carbocycles. The van der Waals surface area contributed by atoms with E-state index >= 15 is 0 Å². The maximum Gasteiger partial charge on any atom is 0.312 e. The van der Waals surface area contributed by atoms with Gasteiger partial charge in [-0.1, -0.05) is 72.1 Å². The van der Waals surface area contributed by atoms with Gasteiger partial charge in [-0.2, -0.15) is 0 Å². The van der Waals surface area contributed by atoms with Crippen molar-refractivity contribution in [2.45, 2.75) is 81.2 Å². The van der Waals surface area contributed by atoms with Gasteiger partial charge in [0.05, 0.1) is 47.8 Å². The van der Waals surface area contributed by atoms with Crippen LogP contribution < -0.4 is 10.2 Å². The van der Waals surface area contributed by atoms with Crippen molar-refractivity contribution in [1.82, 2.24) is 10.2 Å². The molecule has 3 aliphatic heterocycles. The van der Waals surface area contributed by atoms with E-state index in [0.29, 0.717) is 30.0 Å². The normalized spacial score (nSPS) is 28.6. The molecule has 0 aliphatic carbocycles. The maximum absolute atomic E-state index is 14.8. The number of benzene rings is 1. The van der Waals surface area contributed by atoms with Crippen molar-refractivity contribution >= 4 is 56.9 Å². The number of nitrogens with one attached hydrogen (secondary N) is 1. The highest BCUT2D eigenvalue weighted by atomic mass is 79.9. The Hall–Kier alpha value is -2.73. The average molecular weight is 709 g/mol. The largest absolute Gasteiger partial charge is 0.460 e. The first-order valence-electron chi connectivity index (χ1n) is 15.5. The van der Waals surface area contributed by atoms with Crippen LogP contribution in [-0.4, -0.2) is 88.1 Å². The van der Waals surface area contributed by atoms with Gasteiger partial charge in [-0.15, -0.1) is 13.2 Å².